The van der Waals surface area contributed by atoms with E-state index in [2.05, 4.69) is 20.9 Å². The molecule has 3 rings (SSSR count). The number of amides is 4. The minimum Gasteiger partial charge on any atom is -0.325 e. The normalized spacial score (nSPS) is 15.4. The molecule has 4 amide bonds. The third-order valence-corrected chi connectivity index (χ3v) is 5.09. The molecule has 162 valence electrons. The number of azo groups is 1. The summed E-state index contributed by atoms with van der Waals surface area (Å²) in [5.74, 6) is -0.765. The van der Waals surface area contributed by atoms with Crippen LogP contribution in [0.2, 0.25) is 0 Å². The van der Waals surface area contributed by atoms with Crippen LogP contribution in [0.3, 0.4) is 0 Å². The molecule has 2 aromatic rings. The van der Waals surface area contributed by atoms with E-state index >= 15 is 0 Å². The highest BCUT2D eigenvalue weighted by Gasteiger charge is 2.50. The molecule has 0 radical (unpaired) electrons. The Morgan fingerprint density at radius 2 is 1.52 bits per heavy atom. The predicted octanol–water partition coefficient (Wildman–Crippen LogP) is 4.93. The summed E-state index contributed by atoms with van der Waals surface area (Å²) >= 11 is 0. The van der Waals surface area contributed by atoms with Crippen LogP contribution in [-0.4, -0.2) is 34.8 Å². The van der Waals surface area contributed by atoms with Gasteiger partial charge in [-0.2, -0.15) is 10.2 Å². The van der Waals surface area contributed by atoms with E-state index in [4.69, 9.17) is 0 Å². The van der Waals surface area contributed by atoms with Crippen LogP contribution in [-0.2, 0) is 9.59 Å². The number of benzene rings is 2. The van der Waals surface area contributed by atoms with Crippen LogP contribution in [0.5, 0.6) is 0 Å². The number of anilines is 1. The lowest BCUT2D eigenvalue weighted by molar-refractivity contribution is -0.134. The molecule has 31 heavy (non-hydrogen) atoms. The molecule has 0 aromatic heterocycles. The van der Waals surface area contributed by atoms with E-state index in [1.54, 1.807) is 24.3 Å². The molecular weight excluding hydrogens is 394 g/mol. The number of hydrogen-bond donors (Lipinski definition) is 2. The molecule has 0 saturated carbocycles. The van der Waals surface area contributed by atoms with Crippen molar-refractivity contribution in [2.24, 2.45) is 10.2 Å². The number of hydrogen-bond acceptors (Lipinski definition) is 5. The van der Waals surface area contributed by atoms with Gasteiger partial charge in [-0.3, -0.25) is 14.5 Å². The van der Waals surface area contributed by atoms with Gasteiger partial charge in [0, 0.05) is 5.69 Å². The fraction of sp³-hybridized carbons (Fsp3) is 0.348. The van der Waals surface area contributed by atoms with Gasteiger partial charge in [0.05, 0.1) is 11.4 Å². The highest BCUT2D eigenvalue weighted by molar-refractivity contribution is 6.10. The highest BCUT2D eigenvalue weighted by Crippen LogP contribution is 2.28. The number of nitrogens with one attached hydrogen (secondary N) is 2. The van der Waals surface area contributed by atoms with E-state index in [0.717, 1.165) is 23.4 Å². The maximum Gasteiger partial charge on any atom is 0.325 e. The van der Waals surface area contributed by atoms with Crippen LogP contribution in [0, 0.1) is 0 Å². The zero-order chi connectivity index (χ0) is 22.3. The highest BCUT2D eigenvalue weighted by atomic mass is 16.2. The van der Waals surface area contributed by atoms with E-state index in [9.17, 15) is 14.4 Å². The number of carbonyl (C=O) groups is 3. The van der Waals surface area contributed by atoms with E-state index < -0.39 is 17.5 Å². The van der Waals surface area contributed by atoms with Crippen molar-refractivity contribution >= 4 is 34.9 Å². The smallest absolute Gasteiger partial charge is 0.325 e. The number of carbonyl (C=O) groups excluding carboxylic acids is 3. The average molecular weight is 422 g/mol. The average Bonchev–Trinajstić information content (AvgIpc) is 2.98. The fourth-order valence-corrected chi connectivity index (χ4v) is 3.70. The van der Waals surface area contributed by atoms with E-state index in [-0.39, 0.29) is 12.5 Å². The van der Waals surface area contributed by atoms with Crippen LogP contribution in [0.15, 0.2) is 64.8 Å². The number of urea groups is 1. The lowest BCUT2D eigenvalue weighted by atomic mass is 9.88. The molecule has 2 N–H and O–H groups in total. The molecule has 1 aliphatic heterocycles. The third kappa shape index (κ3) is 5.33. The van der Waals surface area contributed by atoms with Gasteiger partial charge >= 0.3 is 6.03 Å². The summed E-state index contributed by atoms with van der Waals surface area (Å²) in [6, 6.07) is 15.7. The summed E-state index contributed by atoms with van der Waals surface area (Å²) < 4.78 is 0. The van der Waals surface area contributed by atoms with Gasteiger partial charge < -0.3 is 10.6 Å². The minimum atomic E-state index is -0.897. The quantitative estimate of drug-likeness (QED) is 0.443. The lowest BCUT2D eigenvalue weighted by Gasteiger charge is -2.25. The van der Waals surface area contributed by atoms with Gasteiger partial charge in [-0.15, -0.1) is 0 Å². The molecule has 1 fully saturated rings. The fourth-order valence-electron chi connectivity index (χ4n) is 3.70. The van der Waals surface area contributed by atoms with Crippen LogP contribution < -0.4 is 10.6 Å². The van der Waals surface area contributed by atoms with Gasteiger partial charge in [0.2, 0.25) is 5.91 Å². The van der Waals surface area contributed by atoms with Crippen molar-refractivity contribution in [3.63, 3.8) is 0 Å². The minimum absolute atomic E-state index is 0.324. The molecule has 0 aliphatic carbocycles. The molecule has 2 aromatic carbocycles. The van der Waals surface area contributed by atoms with Gasteiger partial charge in [-0.05, 0) is 49.2 Å². The first kappa shape index (κ1) is 22.1. The first-order valence-corrected chi connectivity index (χ1v) is 10.5. The summed E-state index contributed by atoms with van der Waals surface area (Å²) in [5, 5.41) is 13.8. The molecule has 1 aliphatic rings. The second-order valence-corrected chi connectivity index (χ2v) is 7.53. The van der Waals surface area contributed by atoms with Crippen molar-refractivity contribution in [1.82, 2.24) is 10.2 Å². The summed E-state index contributed by atoms with van der Waals surface area (Å²) in [4.78, 5) is 38.7. The summed E-state index contributed by atoms with van der Waals surface area (Å²) in [6.07, 6.45) is 2.64. The second kappa shape index (κ2) is 9.97. The van der Waals surface area contributed by atoms with Crippen LogP contribution in [0.4, 0.5) is 21.9 Å². The Hall–Kier alpha value is -3.55. The van der Waals surface area contributed by atoms with Crippen LogP contribution in [0.1, 0.15) is 39.5 Å². The van der Waals surface area contributed by atoms with Gasteiger partial charge in [0.25, 0.3) is 5.91 Å². The van der Waals surface area contributed by atoms with Crippen molar-refractivity contribution in [3.05, 3.63) is 54.6 Å². The first-order valence-electron chi connectivity index (χ1n) is 10.5. The number of nitrogens with zero attached hydrogens (tertiary/aromatic N) is 3. The Balaban J connectivity index is 1.60. The molecule has 8 nitrogen and oxygen atoms in total. The predicted molar refractivity (Wildman–Crippen MR) is 118 cm³/mol. The zero-order valence-corrected chi connectivity index (χ0v) is 17.8. The van der Waals surface area contributed by atoms with Crippen LogP contribution in [0.25, 0.3) is 0 Å². The maximum absolute atomic E-state index is 12.9. The molecule has 0 unspecified atom stereocenters. The maximum atomic E-state index is 12.9. The van der Waals surface area contributed by atoms with E-state index in [0.29, 0.717) is 24.2 Å². The Kier molecular flexibility index (Phi) is 7.12. The number of imide groups is 1. The molecule has 8 heteroatoms. The molecule has 1 heterocycles. The monoisotopic (exact) mass is 421 g/mol. The topological polar surface area (TPSA) is 103 Å². The van der Waals surface area contributed by atoms with Crippen molar-refractivity contribution in [2.45, 2.75) is 45.1 Å². The summed E-state index contributed by atoms with van der Waals surface area (Å²) in [5.41, 5.74) is 1.03. The van der Waals surface area contributed by atoms with Crippen molar-refractivity contribution in [3.8, 4) is 0 Å². The molecule has 0 bridgehead atoms. The molecule has 1 saturated heterocycles. The molecule has 0 atom stereocenters. The summed E-state index contributed by atoms with van der Waals surface area (Å²) in [6.45, 7) is 3.61. The molecule has 0 spiro atoms. The zero-order valence-electron chi connectivity index (χ0n) is 17.8. The summed E-state index contributed by atoms with van der Waals surface area (Å²) in [7, 11) is 0. The van der Waals surface area contributed by atoms with E-state index in [1.807, 2.05) is 44.2 Å². The third-order valence-electron chi connectivity index (χ3n) is 5.09. The number of rotatable bonds is 9. The van der Waals surface area contributed by atoms with Gasteiger partial charge in [-0.25, -0.2) is 4.79 Å². The lowest BCUT2D eigenvalue weighted by Crippen LogP contribution is -2.47. The van der Waals surface area contributed by atoms with Crippen molar-refractivity contribution in [1.29, 1.82) is 0 Å². The Labute approximate surface area is 181 Å². The van der Waals surface area contributed by atoms with E-state index in [1.165, 1.54) is 0 Å². The Morgan fingerprint density at radius 1 is 0.935 bits per heavy atom. The largest absolute Gasteiger partial charge is 0.325 e. The van der Waals surface area contributed by atoms with Gasteiger partial charge in [0.1, 0.15) is 12.1 Å². The Bertz CT molecular complexity index is 951. The molecular formula is C23H27N5O3. The standard InChI is InChI=1S/C23H27N5O3/c1-3-14-23(15-4-2)21(30)28(22(31)25-23)16-20(29)24-17-10-12-19(13-11-17)27-26-18-8-6-5-7-9-18/h5-13H,3-4,14-16H2,1-2H3,(H,24,29)(H,25,31). The van der Waals surface area contributed by atoms with Gasteiger partial charge in [0.15, 0.2) is 0 Å². The first-order chi connectivity index (χ1) is 15.0. The Morgan fingerprint density at radius 3 is 2.10 bits per heavy atom. The van der Waals surface area contributed by atoms with Crippen molar-refractivity contribution in [2.75, 3.05) is 11.9 Å². The SMILES string of the molecule is CCCC1(CCC)NC(=O)N(CC(=O)Nc2ccc(N=Nc3ccccc3)cc2)C1=O. The van der Waals surface area contributed by atoms with Crippen molar-refractivity contribution < 1.29 is 14.4 Å². The second-order valence-electron chi connectivity index (χ2n) is 7.53. The van der Waals surface area contributed by atoms with Gasteiger partial charge in [-0.1, -0.05) is 44.9 Å². The van der Waals surface area contributed by atoms with Crippen LogP contribution >= 0.6 is 0 Å².